The number of benzene rings is 3. The molecule has 1 aliphatic carbocycles. The maximum atomic E-state index is 14.4. The predicted octanol–water partition coefficient (Wildman–Crippen LogP) is 16.4. The molecule has 0 amide bonds. The van der Waals surface area contributed by atoms with E-state index in [1.165, 1.54) is 46.4 Å². The number of ether oxygens (including phenoxy) is 1. The highest BCUT2D eigenvalue weighted by atomic mass is 32.3. The van der Waals surface area contributed by atoms with Crippen LogP contribution in [0.1, 0.15) is 104 Å². The van der Waals surface area contributed by atoms with E-state index in [0.29, 0.717) is 115 Å². The van der Waals surface area contributed by atoms with Gasteiger partial charge in [-0.2, -0.15) is 15.0 Å². The number of imidazole rings is 2. The van der Waals surface area contributed by atoms with Crippen molar-refractivity contribution in [3.05, 3.63) is 234 Å². The minimum atomic E-state index is -2.82. The number of hydrogen-bond acceptors (Lipinski definition) is 27. The number of thiazole rings is 1. The molecule has 4 saturated heterocycles. The maximum Gasteiger partial charge on any atom is 0.263 e. The van der Waals surface area contributed by atoms with Crippen LogP contribution in [0.25, 0.3) is 93.7 Å². The summed E-state index contributed by atoms with van der Waals surface area (Å²) in [6.45, 7) is 20.5. The van der Waals surface area contributed by atoms with Crippen LogP contribution in [0.4, 0.5) is 46.3 Å². The van der Waals surface area contributed by atoms with Gasteiger partial charge in [-0.3, -0.25) is 41.8 Å². The lowest BCUT2D eigenvalue weighted by molar-refractivity contribution is 0.186. The standard InChI is InChI=1S/C33H41N9O3S.C31H30N6O2S2.C28H30N8O2.CH4/c1-22-18-25(8-9-29(22)40-16-12-34-13-17-40)36-33-35-20-24-19-27(31-37-28(21-39(31)2)23-6-4-5-7-23)32(43)42(30(24)38-33)26-10-14-41(15-11-26)46(3,44)45;1-18-3-8-26(40-18)29-35-27(19(2)41-29)25-15-22-16-33-31(36-28(22)37(30(25)38)24-11-14-39-17-24)34-23-6-4-20(5-7-23)21-9-12-32-13-10-21;1-3-35-26-19(13-24(27(35)37)25-18(2)36(17-31-25)23-10-12-38-16-23)14-30-28(34-26)33-21-8-6-20(7-9-21)32-22-5-4-11-29-15-22;/h4,6-9,18-21,26,34,44-45H,5,10-17H2,1-3H3,(H,35,36,38);3-9,15-16,24,32H,10-14,17H2,1-2H3,(H,33,34,36);6-10,12-14,16-17,22,29,32H,3-5,11,15H2,1-2H3,(H,30,33,34);1H4. The molecule has 0 saturated carbocycles. The Hall–Kier alpha value is -12.2. The van der Waals surface area contributed by atoms with Gasteiger partial charge in [-0.15, -0.1) is 33.4 Å². The summed E-state index contributed by atoms with van der Waals surface area (Å²) in [7, 11) is -0.916. The zero-order valence-corrected chi connectivity index (χ0v) is 73.3. The van der Waals surface area contributed by atoms with Gasteiger partial charge in [0.25, 0.3) is 16.7 Å². The summed E-state index contributed by atoms with van der Waals surface area (Å²) in [5, 5.41) is 27.0. The molecule has 6 aliphatic rings. The molecule has 3 aromatic carbocycles. The number of piperidine rings is 2. The Morgan fingerprint density at radius 3 is 1.91 bits per heavy atom. The molecule has 2 atom stereocenters. The molecule has 14 aromatic rings. The van der Waals surface area contributed by atoms with Gasteiger partial charge < -0.3 is 55.8 Å². The lowest BCUT2D eigenvalue weighted by Gasteiger charge is -2.43. The highest BCUT2D eigenvalue weighted by Gasteiger charge is 2.32. The molecule has 126 heavy (non-hydrogen) atoms. The SMILES string of the molecule is C.CCn1c(=O)c(-c2ncn(-c3ccoc3)c2C)cc2cnc(Nc3ccc(NC4CCCNC4)cc3)nc21.Cc1cc(Nc2ncc3cc(-c4nc(C5=CCC=C5)cn4C)c(=O)n(C4CCN(S(C)(O)O)CC4)c3n2)ccc1N1CCNCC1.Cc1ccc(-c2nc(-c3cc4cnc(Nc5ccc(C6=CCNCC6)cc5)nc4n(C4CCOC4)c3=O)c(C)s2)s1. The molecule has 2 unspecified atom stereocenters. The molecule has 0 bridgehead atoms. The quantitative estimate of drug-likeness (QED) is 0.0342. The van der Waals surface area contributed by atoms with E-state index >= 15 is 0 Å². The largest absolute Gasteiger partial charge is 0.470 e. The van der Waals surface area contributed by atoms with Crippen LogP contribution in [0.5, 0.6) is 0 Å². The van der Waals surface area contributed by atoms with Gasteiger partial charge in [-0.1, -0.05) is 43.9 Å². The zero-order chi connectivity index (χ0) is 86.0. The van der Waals surface area contributed by atoms with Gasteiger partial charge in [0, 0.05) is 182 Å². The third kappa shape index (κ3) is 18.5. The molecule has 4 fully saturated rings. The normalized spacial score (nSPS) is 17.0. The summed E-state index contributed by atoms with van der Waals surface area (Å²) < 4.78 is 42.2. The van der Waals surface area contributed by atoms with Crippen molar-refractivity contribution < 1.29 is 18.3 Å². The number of pyridine rings is 3. The van der Waals surface area contributed by atoms with Crippen LogP contribution >= 0.6 is 33.4 Å². The Bertz CT molecular complexity index is 6590. The van der Waals surface area contributed by atoms with Gasteiger partial charge >= 0.3 is 0 Å². The molecule has 11 aromatic heterocycles. The third-order valence-corrected chi connectivity index (χ3v) is 27.3. The zero-order valence-electron chi connectivity index (χ0n) is 70.9. The minimum absolute atomic E-state index is 0. The molecule has 9 N–H and O–H groups in total. The van der Waals surface area contributed by atoms with Crippen molar-refractivity contribution in [3.63, 3.8) is 0 Å². The first kappa shape index (κ1) is 86.0. The number of fused-ring (bicyclic) bond motifs is 3. The van der Waals surface area contributed by atoms with E-state index in [9.17, 15) is 23.5 Å². The van der Waals surface area contributed by atoms with Crippen LogP contribution in [0.15, 0.2) is 190 Å². The van der Waals surface area contributed by atoms with Gasteiger partial charge in [0.1, 0.15) is 40.4 Å². The van der Waals surface area contributed by atoms with E-state index in [4.69, 9.17) is 34.1 Å². The number of hydrogen-bond donors (Lipinski definition) is 9. The van der Waals surface area contributed by atoms with E-state index in [0.717, 1.165) is 154 Å². The summed E-state index contributed by atoms with van der Waals surface area (Å²) in [4.78, 5) is 90.5. The second-order valence-corrected chi connectivity index (χ2v) is 36.9. The van der Waals surface area contributed by atoms with Gasteiger partial charge in [-0.25, -0.2) is 34.2 Å². The van der Waals surface area contributed by atoms with Gasteiger partial charge in [0.2, 0.25) is 17.8 Å². The van der Waals surface area contributed by atoms with Crippen LogP contribution < -0.4 is 58.8 Å². The Kier molecular flexibility index (Phi) is 25.6. The second kappa shape index (κ2) is 37.6. The maximum absolute atomic E-state index is 14.4. The number of piperazine rings is 1. The van der Waals surface area contributed by atoms with Crippen molar-refractivity contribution >= 4 is 124 Å². The van der Waals surface area contributed by atoms with Crippen LogP contribution in [0.3, 0.4) is 0 Å². The number of allylic oxidation sites excluding steroid dienone is 4. The van der Waals surface area contributed by atoms with E-state index in [1.54, 1.807) is 78.1 Å². The topological polar surface area (TPSA) is 345 Å². The van der Waals surface area contributed by atoms with Crippen molar-refractivity contribution in [2.75, 3.05) is 111 Å². The molecule has 33 heteroatoms. The molecular weight excluding hydrogens is 1650 g/mol. The number of aryl methyl sites for hydroxylation is 5. The summed E-state index contributed by atoms with van der Waals surface area (Å²) in [5.74, 6) is 1.87. The first-order valence-corrected chi connectivity index (χ1v) is 46.1. The van der Waals surface area contributed by atoms with Crippen LogP contribution in [-0.2, 0) is 18.3 Å². The number of furan rings is 1. The van der Waals surface area contributed by atoms with Crippen molar-refractivity contribution in [1.82, 2.24) is 87.9 Å². The number of thiophene rings is 1. The fourth-order valence-electron chi connectivity index (χ4n) is 17.2. The highest BCUT2D eigenvalue weighted by Crippen LogP contribution is 2.44. The number of anilines is 8. The monoisotopic (exact) mass is 1750 g/mol. The van der Waals surface area contributed by atoms with E-state index in [1.807, 2.05) is 97.7 Å². The van der Waals surface area contributed by atoms with Gasteiger partial charge in [-0.05, 0) is 200 Å². The smallest absolute Gasteiger partial charge is 0.263 e. The Morgan fingerprint density at radius 1 is 0.635 bits per heavy atom. The van der Waals surface area contributed by atoms with Gasteiger partial charge in [0.05, 0.1) is 63.2 Å². The molecule has 16 heterocycles. The third-order valence-electron chi connectivity index (χ3n) is 23.8. The molecule has 5 aliphatic heterocycles. The summed E-state index contributed by atoms with van der Waals surface area (Å²) in [6, 6.07) is 34.5. The van der Waals surface area contributed by atoms with Crippen molar-refractivity contribution in [2.24, 2.45) is 7.05 Å². The summed E-state index contributed by atoms with van der Waals surface area (Å²) >= 11 is 3.33. The van der Waals surface area contributed by atoms with Crippen LogP contribution in [0, 0.1) is 27.7 Å². The average Bonchev–Trinajstić information content (AvgIpc) is 1.40. The first-order chi connectivity index (χ1) is 60.8. The van der Waals surface area contributed by atoms with Crippen molar-refractivity contribution in [2.45, 2.75) is 112 Å². The van der Waals surface area contributed by atoms with Crippen molar-refractivity contribution in [3.8, 4) is 49.5 Å². The van der Waals surface area contributed by atoms with E-state index in [2.05, 4.69) is 149 Å². The Balaban J connectivity index is 0.000000133. The second-order valence-electron chi connectivity index (χ2n) is 32.3. The fraction of sp³-hybridized carbons (Fsp3) is 0.333. The molecular formula is C93H105N23O7S3. The van der Waals surface area contributed by atoms with E-state index < -0.39 is 10.8 Å². The fourth-order valence-corrected chi connectivity index (χ4v) is 20.0. The highest BCUT2D eigenvalue weighted by molar-refractivity contribution is 8.21. The van der Waals surface area contributed by atoms with E-state index in [-0.39, 0.29) is 36.2 Å². The molecule has 0 radical (unpaired) electrons. The summed E-state index contributed by atoms with van der Waals surface area (Å²) in [6.07, 6.45) is 28.3. The number of aromatic nitrogens is 14. The van der Waals surface area contributed by atoms with Crippen LogP contribution in [-0.4, -0.2) is 172 Å². The number of nitrogens with zero attached hydrogens (tertiary/aromatic N) is 16. The first-order valence-electron chi connectivity index (χ1n) is 42.6. The number of rotatable bonds is 20. The number of nitrogens with one attached hydrogen (secondary N) is 7. The Labute approximate surface area is 739 Å². The average molecular weight is 1750 g/mol. The molecule has 30 nitrogen and oxygen atoms in total. The molecule has 0 spiro atoms. The Morgan fingerprint density at radius 2 is 1.29 bits per heavy atom. The van der Waals surface area contributed by atoms with Gasteiger partial charge in [0.15, 0.2) is 0 Å². The lowest BCUT2D eigenvalue weighted by Crippen LogP contribution is -2.43. The molecule has 20 rings (SSSR count). The van der Waals surface area contributed by atoms with Crippen LogP contribution in [0.2, 0.25) is 0 Å². The summed E-state index contributed by atoms with van der Waals surface area (Å²) in [5.41, 5.74) is 16.5. The lowest BCUT2D eigenvalue weighted by atomic mass is 10.0. The van der Waals surface area contributed by atoms with Crippen molar-refractivity contribution in [1.29, 1.82) is 0 Å². The molecule has 652 valence electrons. The predicted molar refractivity (Wildman–Crippen MR) is 508 cm³/mol. The minimum Gasteiger partial charge on any atom is -0.470 e.